The van der Waals surface area contributed by atoms with Crippen molar-refractivity contribution in [3.8, 4) is 16.9 Å². The fourth-order valence-corrected chi connectivity index (χ4v) is 1.82. The number of carboxylic acid groups (broad SMARTS) is 1. The van der Waals surface area contributed by atoms with E-state index in [1.165, 1.54) is 3.57 Å². The van der Waals surface area contributed by atoms with Crippen LogP contribution in [0.3, 0.4) is 0 Å². The molecule has 0 amide bonds. The van der Waals surface area contributed by atoms with E-state index in [1.807, 2.05) is 36.4 Å². The smallest absolute Gasteiger partial charge is 0.449 e. The minimum absolute atomic E-state index is 0.326. The molecule has 0 spiro atoms. The molecule has 0 aliphatic carbocycles. The molecular formula is C13H9IO3. The largest absolute Gasteiger partial charge is 0.511 e. The van der Waals surface area contributed by atoms with Gasteiger partial charge in [-0.05, 0) is 58.0 Å². The van der Waals surface area contributed by atoms with E-state index in [4.69, 9.17) is 5.11 Å². The molecule has 0 unspecified atom stereocenters. The summed E-state index contributed by atoms with van der Waals surface area (Å²) in [6.45, 7) is 0. The molecule has 0 saturated heterocycles. The third-order valence-corrected chi connectivity index (χ3v) is 2.96. The van der Waals surface area contributed by atoms with Crippen molar-refractivity contribution in [2.75, 3.05) is 0 Å². The van der Waals surface area contributed by atoms with Crippen LogP contribution in [-0.4, -0.2) is 11.3 Å². The number of rotatable bonds is 2. The summed E-state index contributed by atoms with van der Waals surface area (Å²) in [5, 5.41) is 8.46. The van der Waals surface area contributed by atoms with Crippen molar-refractivity contribution in [2.45, 2.75) is 0 Å². The van der Waals surface area contributed by atoms with Crippen LogP contribution >= 0.6 is 22.6 Å². The lowest BCUT2D eigenvalue weighted by Crippen LogP contribution is -2.02. The molecule has 0 radical (unpaired) electrons. The van der Waals surface area contributed by atoms with Crippen LogP contribution in [0.2, 0.25) is 0 Å². The van der Waals surface area contributed by atoms with Gasteiger partial charge in [-0.3, -0.25) is 0 Å². The van der Waals surface area contributed by atoms with Gasteiger partial charge in [0.2, 0.25) is 0 Å². The maximum atomic E-state index is 10.3. The second kappa shape index (κ2) is 5.18. The quantitative estimate of drug-likeness (QED) is 0.510. The first-order valence-corrected chi connectivity index (χ1v) is 6.00. The van der Waals surface area contributed by atoms with Gasteiger partial charge in [0.05, 0.1) is 0 Å². The normalized spacial score (nSPS) is 9.94. The maximum Gasteiger partial charge on any atom is 0.511 e. The first-order chi connectivity index (χ1) is 8.15. The summed E-state index contributed by atoms with van der Waals surface area (Å²) in [4.78, 5) is 10.3. The van der Waals surface area contributed by atoms with Crippen molar-refractivity contribution in [2.24, 2.45) is 0 Å². The van der Waals surface area contributed by atoms with E-state index in [-0.39, 0.29) is 0 Å². The van der Waals surface area contributed by atoms with Gasteiger partial charge in [0.15, 0.2) is 0 Å². The zero-order chi connectivity index (χ0) is 12.3. The number of hydrogen-bond donors (Lipinski definition) is 1. The summed E-state index contributed by atoms with van der Waals surface area (Å²) in [5.41, 5.74) is 2.12. The first kappa shape index (κ1) is 11.9. The Hall–Kier alpha value is -1.56. The summed E-state index contributed by atoms with van der Waals surface area (Å²) >= 11 is 2.25. The van der Waals surface area contributed by atoms with Gasteiger partial charge in [0.1, 0.15) is 5.75 Å². The van der Waals surface area contributed by atoms with Crippen LogP contribution in [0.15, 0.2) is 48.5 Å². The van der Waals surface area contributed by atoms with Crippen LogP contribution in [0.5, 0.6) is 5.75 Å². The Kier molecular flexibility index (Phi) is 3.63. The van der Waals surface area contributed by atoms with Crippen molar-refractivity contribution in [1.82, 2.24) is 0 Å². The zero-order valence-corrected chi connectivity index (χ0v) is 10.9. The molecule has 0 aromatic heterocycles. The molecule has 2 aromatic rings. The number of hydrogen-bond acceptors (Lipinski definition) is 2. The average molecular weight is 340 g/mol. The average Bonchev–Trinajstić information content (AvgIpc) is 2.30. The Balaban J connectivity index is 2.23. The summed E-state index contributed by atoms with van der Waals surface area (Å²) in [6.07, 6.45) is -1.30. The van der Waals surface area contributed by atoms with Gasteiger partial charge >= 0.3 is 6.16 Å². The minimum Gasteiger partial charge on any atom is -0.449 e. The number of carbonyl (C=O) groups is 1. The maximum absolute atomic E-state index is 10.3. The van der Waals surface area contributed by atoms with Gasteiger partial charge < -0.3 is 9.84 Å². The Morgan fingerprint density at radius 2 is 1.41 bits per heavy atom. The lowest BCUT2D eigenvalue weighted by molar-refractivity contribution is 0.144. The highest BCUT2D eigenvalue weighted by atomic mass is 127. The minimum atomic E-state index is -1.30. The van der Waals surface area contributed by atoms with Crippen molar-refractivity contribution in [3.63, 3.8) is 0 Å². The molecule has 4 heteroatoms. The number of halogens is 1. The highest BCUT2D eigenvalue weighted by Gasteiger charge is 2.01. The van der Waals surface area contributed by atoms with Gasteiger partial charge in [-0.25, -0.2) is 4.79 Å². The SMILES string of the molecule is O=C(O)Oc1ccc(-c2ccc(I)cc2)cc1. The molecule has 86 valence electrons. The number of benzene rings is 2. The molecule has 1 N–H and O–H groups in total. The topological polar surface area (TPSA) is 46.5 Å². The molecule has 0 bridgehead atoms. The number of ether oxygens (including phenoxy) is 1. The van der Waals surface area contributed by atoms with Crippen LogP contribution < -0.4 is 4.74 Å². The zero-order valence-electron chi connectivity index (χ0n) is 8.76. The second-order valence-corrected chi connectivity index (χ2v) is 4.64. The summed E-state index contributed by atoms with van der Waals surface area (Å²) in [5.74, 6) is 0.326. The van der Waals surface area contributed by atoms with E-state index in [2.05, 4.69) is 27.3 Å². The van der Waals surface area contributed by atoms with Crippen LogP contribution in [0.1, 0.15) is 0 Å². The molecule has 0 saturated carbocycles. The van der Waals surface area contributed by atoms with Gasteiger partial charge in [-0.1, -0.05) is 24.3 Å². The Morgan fingerprint density at radius 3 is 1.88 bits per heavy atom. The Labute approximate surface area is 112 Å². The van der Waals surface area contributed by atoms with Gasteiger partial charge in [0.25, 0.3) is 0 Å². The summed E-state index contributed by atoms with van der Waals surface area (Å²) in [7, 11) is 0. The Morgan fingerprint density at radius 1 is 0.941 bits per heavy atom. The molecule has 0 heterocycles. The third kappa shape index (κ3) is 3.20. The Bertz CT molecular complexity index is 517. The van der Waals surface area contributed by atoms with E-state index in [0.717, 1.165) is 11.1 Å². The van der Waals surface area contributed by atoms with E-state index in [0.29, 0.717) is 5.75 Å². The van der Waals surface area contributed by atoms with E-state index in [1.54, 1.807) is 12.1 Å². The molecule has 0 atom stereocenters. The van der Waals surface area contributed by atoms with Crippen LogP contribution in [0.25, 0.3) is 11.1 Å². The fourth-order valence-electron chi connectivity index (χ4n) is 1.46. The van der Waals surface area contributed by atoms with E-state index >= 15 is 0 Å². The highest BCUT2D eigenvalue weighted by Crippen LogP contribution is 2.23. The molecule has 0 fully saturated rings. The lowest BCUT2D eigenvalue weighted by Gasteiger charge is -2.03. The standard InChI is InChI=1S/C13H9IO3/c14-11-5-1-9(2-6-11)10-3-7-12(8-4-10)17-13(15)16/h1-8H,(H,15,16). The molecule has 17 heavy (non-hydrogen) atoms. The van der Waals surface area contributed by atoms with E-state index < -0.39 is 6.16 Å². The van der Waals surface area contributed by atoms with Gasteiger partial charge in [-0.2, -0.15) is 0 Å². The van der Waals surface area contributed by atoms with Crippen molar-refractivity contribution >= 4 is 28.7 Å². The van der Waals surface area contributed by atoms with Crippen LogP contribution in [0, 0.1) is 3.57 Å². The van der Waals surface area contributed by atoms with Crippen molar-refractivity contribution in [3.05, 3.63) is 52.1 Å². The highest BCUT2D eigenvalue weighted by molar-refractivity contribution is 14.1. The summed E-state index contributed by atoms with van der Waals surface area (Å²) < 4.78 is 5.72. The predicted octanol–water partition coefficient (Wildman–Crippen LogP) is 4.02. The van der Waals surface area contributed by atoms with E-state index in [9.17, 15) is 4.79 Å². The van der Waals surface area contributed by atoms with Crippen molar-refractivity contribution in [1.29, 1.82) is 0 Å². The predicted molar refractivity (Wildman–Crippen MR) is 73.2 cm³/mol. The molecular weight excluding hydrogens is 331 g/mol. The molecule has 0 aliphatic rings. The summed E-state index contributed by atoms with van der Waals surface area (Å²) in [6, 6.07) is 15.0. The first-order valence-electron chi connectivity index (χ1n) is 4.92. The third-order valence-electron chi connectivity index (χ3n) is 2.24. The van der Waals surface area contributed by atoms with Crippen LogP contribution in [-0.2, 0) is 0 Å². The lowest BCUT2D eigenvalue weighted by atomic mass is 10.1. The molecule has 3 nitrogen and oxygen atoms in total. The monoisotopic (exact) mass is 340 g/mol. The fraction of sp³-hybridized carbons (Fsp3) is 0. The van der Waals surface area contributed by atoms with Gasteiger partial charge in [0, 0.05) is 3.57 Å². The molecule has 0 aliphatic heterocycles. The molecule has 2 aromatic carbocycles. The molecule has 2 rings (SSSR count). The van der Waals surface area contributed by atoms with Crippen molar-refractivity contribution < 1.29 is 14.6 Å². The van der Waals surface area contributed by atoms with Gasteiger partial charge in [-0.15, -0.1) is 0 Å². The second-order valence-electron chi connectivity index (χ2n) is 3.40. The van der Waals surface area contributed by atoms with Crippen LogP contribution in [0.4, 0.5) is 4.79 Å².